The normalized spacial score (nSPS) is 12.1. The average molecular weight is 833 g/mol. The molecule has 13 rings (SSSR count). The molecule has 0 amide bonds. The lowest BCUT2D eigenvalue weighted by molar-refractivity contribution is 0.604. The minimum atomic E-state index is 0.828. The van der Waals surface area contributed by atoms with E-state index in [2.05, 4.69) is 198 Å². The van der Waals surface area contributed by atoms with Crippen LogP contribution in [0, 0.1) is 0 Å². The molecule has 13 aromatic rings. The number of para-hydroxylation sites is 5. The third-order valence-corrected chi connectivity index (χ3v) is 13.3. The van der Waals surface area contributed by atoms with Crippen LogP contribution in [-0.4, -0.2) is 9.13 Å². The Hall–Kier alpha value is -8.60. The van der Waals surface area contributed by atoms with Gasteiger partial charge in [0.05, 0.1) is 22.1 Å². The van der Waals surface area contributed by atoms with Gasteiger partial charge >= 0.3 is 0 Å². The standard InChI is InChI=1S/C61H40N2O2/c1-3-13-58-44(4-2)50-19-11-17-45(60(50)64-58)38-24-30-42(31-25-38)62-54-21-8-5-14-47(54)52-36-40(28-34-56(52)62)41-29-35-57-53(37-41)48-15-6-9-22-55(48)63(57)43-32-26-39(27-33-43)46-18-12-20-51-49-16-7-10-23-59(49)65-61(46)51/h3-37H,2H2,1H3/b13-3-. The maximum Gasteiger partial charge on any atom is 0.143 e. The summed E-state index contributed by atoms with van der Waals surface area (Å²) in [5.41, 5.74) is 17.4. The number of benzene rings is 9. The number of fused-ring (bicyclic) bond motifs is 10. The van der Waals surface area contributed by atoms with Crippen LogP contribution in [-0.2, 0) is 0 Å². The molecule has 0 saturated carbocycles. The van der Waals surface area contributed by atoms with Crippen LogP contribution in [0.5, 0.6) is 0 Å². The molecule has 4 heteroatoms. The molecule has 9 aromatic carbocycles. The molecule has 0 saturated heterocycles. The third kappa shape index (κ3) is 5.64. The van der Waals surface area contributed by atoms with Crippen molar-refractivity contribution in [3.05, 3.63) is 218 Å². The zero-order valence-corrected chi connectivity index (χ0v) is 35.6. The summed E-state index contributed by atoms with van der Waals surface area (Å²) in [6, 6.07) is 70.0. The molecular weight excluding hydrogens is 793 g/mol. The molecule has 4 nitrogen and oxygen atoms in total. The van der Waals surface area contributed by atoms with Gasteiger partial charge in [0.15, 0.2) is 0 Å². The molecule has 0 aliphatic heterocycles. The van der Waals surface area contributed by atoms with Crippen LogP contribution in [0.4, 0.5) is 0 Å². The summed E-state index contributed by atoms with van der Waals surface area (Å²) in [6.45, 7) is 6.07. The van der Waals surface area contributed by atoms with Crippen molar-refractivity contribution in [3.63, 3.8) is 0 Å². The molecule has 0 N–H and O–H groups in total. The highest BCUT2D eigenvalue weighted by Crippen LogP contribution is 2.41. The van der Waals surface area contributed by atoms with E-state index in [1.807, 2.05) is 37.3 Å². The molecule has 0 atom stereocenters. The molecule has 0 radical (unpaired) electrons. The zero-order chi connectivity index (χ0) is 43.2. The Balaban J connectivity index is 0.877. The molecule has 0 aliphatic rings. The molecular formula is C61H40N2O2. The van der Waals surface area contributed by atoms with Crippen molar-refractivity contribution in [1.82, 2.24) is 9.13 Å². The van der Waals surface area contributed by atoms with Gasteiger partial charge in [-0.05, 0) is 102 Å². The number of hydrogen-bond donors (Lipinski definition) is 0. The fraction of sp³-hybridized carbons (Fsp3) is 0.0164. The fourth-order valence-corrected chi connectivity index (χ4v) is 10.3. The van der Waals surface area contributed by atoms with E-state index in [-0.39, 0.29) is 0 Å². The Labute approximate surface area is 374 Å². The van der Waals surface area contributed by atoms with Gasteiger partial charge in [-0.15, -0.1) is 0 Å². The van der Waals surface area contributed by atoms with Gasteiger partial charge in [0, 0.05) is 65.8 Å². The first-order chi connectivity index (χ1) is 32.1. The van der Waals surface area contributed by atoms with Crippen molar-refractivity contribution in [2.75, 3.05) is 0 Å². The van der Waals surface area contributed by atoms with Gasteiger partial charge in [-0.1, -0.05) is 146 Å². The second kappa shape index (κ2) is 14.5. The van der Waals surface area contributed by atoms with E-state index in [0.717, 1.165) is 77.9 Å². The average Bonchev–Trinajstić information content (AvgIpc) is 4.11. The quantitative estimate of drug-likeness (QED) is 0.160. The Morgan fingerprint density at radius 1 is 0.400 bits per heavy atom. The second-order valence-electron chi connectivity index (χ2n) is 16.8. The number of aromatic nitrogens is 2. The molecule has 0 bridgehead atoms. The number of hydrogen-bond acceptors (Lipinski definition) is 2. The zero-order valence-electron chi connectivity index (χ0n) is 35.6. The highest BCUT2D eigenvalue weighted by Gasteiger charge is 2.19. The predicted molar refractivity (Wildman–Crippen MR) is 273 cm³/mol. The second-order valence-corrected chi connectivity index (χ2v) is 16.8. The van der Waals surface area contributed by atoms with Crippen molar-refractivity contribution >= 4 is 88.7 Å². The van der Waals surface area contributed by atoms with Gasteiger partial charge in [-0.3, -0.25) is 0 Å². The topological polar surface area (TPSA) is 36.1 Å². The number of rotatable bonds is 7. The Morgan fingerprint density at radius 3 is 1.42 bits per heavy atom. The molecule has 0 aliphatic carbocycles. The molecule has 0 unspecified atom stereocenters. The van der Waals surface area contributed by atoms with Crippen LogP contribution in [0.15, 0.2) is 216 Å². The SMILES string of the molecule is C=Cc1c(/C=C\C)oc2c(-c3ccc(-n4c5ccccc5c5cc(-c6ccc7c(c6)c6ccccc6n7-c6ccc(-c7cccc8c7oc7ccccc78)cc6)ccc54)cc3)cccc12. The summed E-state index contributed by atoms with van der Waals surface area (Å²) < 4.78 is 17.6. The van der Waals surface area contributed by atoms with E-state index in [9.17, 15) is 0 Å². The van der Waals surface area contributed by atoms with Crippen LogP contribution in [0.3, 0.4) is 0 Å². The molecule has 0 fully saturated rings. The lowest BCUT2D eigenvalue weighted by Crippen LogP contribution is -1.94. The van der Waals surface area contributed by atoms with E-state index in [0.29, 0.717) is 0 Å². The van der Waals surface area contributed by atoms with Crippen LogP contribution in [0.25, 0.3) is 133 Å². The number of nitrogens with zero attached hydrogens (tertiary/aromatic N) is 2. The monoisotopic (exact) mass is 832 g/mol. The first-order valence-corrected chi connectivity index (χ1v) is 22.1. The highest BCUT2D eigenvalue weighted by atomic mass is 16.3. The smallest absolute Gasteiger partial charge is 0.143 e. The lowest BCUT2D eigenvalue weighted by atomic mass is 10.0. The van der Waals surface area contributed by atoms with Crippen molar-refractivity contribution in [3.8, 4) is 44.8 Å². The van der Waals surface area contributed by atoms with E-state index in [4.69, 9.17) is 8.83 Å². The summed E-state index contributed by atoms with van der Waals surface area (Å²) in [7, 11) is 0. The minimum absolute atomic E-state index is 0.828. The summed E-state index contributed by atoms with van der Waals surface area (Å²) in [5.74, 6) is 0.828. The Bertz CT molecular complexity index is 4070. The lowest BCUT2D eigenvalue weighted by Gasteiger charge is -2.11. The summed E-state index contributed by atoms with van der Waals surface area (Å²) in [6.07, 6.45) is 5.88. The van der Waals surface area contributed by atoms with Crippen LogP contribution >= 0.6 is 0 Å². The molecule has 4 heterocycles. The highest BCUT2D eigenvalue weighted by molar-refractivity contribution is 6.13. The van der Waals surface area contributed by atoms with E-state index in [1.54, 1.807) is 0 Å². The Kier molecular flexibility index (Phi) is 8.24. The summed E-state index contributed by atoms with van der Waals surface area (Å²) in [5, 5.41) is 8.24. The van der Waals surface area contributed by atoms with E-state index < -0.39 is 0 Å². The maximum atomic E-state index is 6.42. The largest absolute Gasteiger partial charge is 0.455 e. The predicted octanol–water partition coefficient (Wildman–Crippen LogP) is 17.2. The van der Waals surface area contributed by atoms with Crippen LogP contribution < -0.4 is 0 Å². The van der Waals surface area contributed by atoms with E-state index >= 15 is 0 Å². The minimum Gasteiger partial charge on any atom is -0.455 e. The van der Waals surface area contributed by atoms with Crippen molar-refractivity contribution in [2.45, 2.75) is 6.92 Å². The fourth-order valence-electron chi connectivity index (χ4n) is 10.3. The van der Waals surface area contributed by atoms with Gasteiger partial charge < -0.3 is 18.0 Å². The number of furan rings is 2. The van der Waals surface area contributed by atoms with Crippen molar-refractivity contribution < 1.29 is 8.83 Å². The van der Waals surface area contributed by atoms with Gasteiger partial charge in [-0.2, -0.15) is 0 Å². The first kappa shape index (κ1) is 37.0. The van der Waals surface area contributed by atoms with Crippen LogP contribution in [0.1, 0.15) is 18.2 Å². The summed E-state index contributed by atoms with van der Waals surface area (Å²) >= 11 is 0. The maximum absolute atomic E-state index is 6.42. The molecule has 65 heavy (non-hydrogen) atoms. The first-order valence-electron chi connectivity index (χ1n) is 22.1. The molecule has 4 aromatic heterocycles. The molecule has 0 spiro atoms. The number of allylic oxidation sites excluding steroid dienone is 1. The Morgan fingerprint density at radius 2 is 0.862 bits per heavy atom. The van der Waals surface area contributed by atoms with Crippen molar-refractivity contribution in [2.24, 2.45) is 0 Å². The van der Waals surface area contributed by atoms with Gasteiger partial charge in [0.1, 0.15) is 22.5 Å². The summed E-state index contributed by atoms with van der Waals surface area (Å²) in [4.78, 5) is 0. The van der Waals surface area contributed by atoms with Gasteiger partial charge in [0.25, 0.3) is 0 Å². The van der Waals surface area contributed by atoms with Gasteiger partial charge in [0.2, 0.25) is 0 Å². The van der Waals surface area contributed by atoms with Crippen molar-refractivity contribution in [1.29, 1.82) is 0 Å². The van der Waals surface area contributed by atoms with E-state index in [1.165, 1.54) is 54.7 Å². The van der Waals surface area contributed by atoms with Gasteiger partial charge in [-0.25, -0.2) is 0 Å². The molecule has 306 valence electrons. The van der Waals surface area contributed by atoms with Crippen LogP contribution in [0.2, 0.25) is 0 Å². The third-order valence-electron chi connectivity index (χ3n) is 13.3.